The maximum Gasteiger partial charge on any atom is 0.0120 e. The first kappa shape index (κ1) is 7.56. The highest BCUT2D eigenvalue weighted by Gasteiger charge is 2.31. The molecule has 0 bridgehead atoms. The smallest absolute Gasteiger partial charge is 0.0120 e. The first-order valence-electron chi connectivity index (χ1n) is 4.78. The average molecular weight is 154 g/mol. The Hall–Kier alpha value is -0.0800. The molecule has 1 atom stereocenters. The fraction of sp³-hybridized carbons (Fsp3) is 1.00. The highest BCUT2D eigenvalue weighted by molar-refractivity contribution is 4.88. The van der Waals surface area contributed by atoms with Crippen molar-refractivity contribution in [3.05, 3.63) is 0 Å². The lowest BCUT2D eigenvalue weighted by molar-refractivity contribution is 0.0886. The molecule has 0 unspecified atom stereocenters. The van der Waals surface area contributed by atoms with Gasteiger partial charge in [-0.3, -0.25) is 0 Å². The Bertz CT molecular complexity index is 124. The summed E-state index contributed by atoms with van der Waals surface area (Å²) >= 11 is 0. The maximum atomic E-state index is 3.61. The quantitative estimate of drug-likeness (QED) is 0.598. The maximum absolute atomic E-state index is 3.61. The van der Waals surface area contributed by atoms with Crippen LogP contribution in [0.1, 0.15) is 19.3 Å². The van der Waals surface area contributed by atoms with Crippen molar-refractivity contribution in [2.24, 2.45) is 5.92 Å². The minimum atomic E-state index is 0.847. The second-order valence-corrected chi connectivity index (χ2v) is 4.04. The summed E-state index contributed by atoms with van der Waals surface area (Å²) in [6, 6.07) is 0.847. The zero-order valence-electron chi connectivity index (χ0n) is 7.34. The van der Waals surface area contributed by atoms with Gasteiger partial charge in [-0.1, -0.05) is 6.42 Å². The molecule has 0 amide bonds. The zero-order valence-corrected chi connectivity index (χ0v) is 7.34. The first-order valence-corrected chi connectivity index (χ1v) is 4.78. The van der Waals surface area contributed by atoms with Crippen LogP contribution in [0.5, 0.6) is 0 Å². The van der Waals surface area contributed by atoms with Crippen LogP contribution >= 0.6 is 0 Å². The zero-order chi connectivity index (χ0) is 7.68. The summed E-state index contributed by atoms with van der Waals surface area (Å²) in [6.07, 6.45) is 4.25. The van der Waals surface area contributed by atoms with Crippen LogP contribution in [0, 0.1) is 5.92 Å². The minimum absolute atomic E-state index is 0.847. The average Bonchev–Trinajstić information content (AvgIpc) is 2.01. The highest BCUT2D eigenvalue weighted by Crippen LogP contribution is 2.22. The van der Waals surface area contributed by atoms with Gasteiger partial charge in [0.15, 0.2) is 0 Å². The summed E-state index contributed by atoms with van der Waals surface area (Å²) in [5.41, 5.74) is 0. The van der Waals surface area contributed by atoms with Crippen molar-refractivity contribution >= 4 is 0 Å². The van der Waals surface area contributed by atoms with Crippen LogP contribution in [0.15, 0.2) is 0 Å². The van der Waals surface area contributed by atoms with Crippen molar-refractivity contribution in [2.45, 2.75) is 25.3 Å². The number of piperidine rings is 1. The summed E-state index contributed by atoms with van der Waals surface area (Å²) in [6.45, 7) is 3.89. The van der Waals surface area contributed by atoms with Gasteiger partial charge in [-0.15, -0.1) is 0 Å². The lowest BCUT2D eigenvalue weighted by Gasteiger charge is -2.43. The molecule has 2 saturated heterocycles. The van der Waals surface area contributed by atoms with E-state index in [1.807, 2.05) is 0 Å². The van der Waals surface area contributed by atoms with E-state index < -0.39 is 0 Å². The van der Waals surface area contributed by atoms with E-state index in [0.29, 0.717) is 0 Å². The lowest BCUT2D eigenvalue weighted by atomic mass is 9.87. The van der Waals surface area contributed by atoms with Gasteiger partial charge in [-0.2, -0.15) is 0 Å². The lowest BCUT2D eigenvalue weighted by Crippen LogP contribution is -2.55. The van der Waals surface area contributed by atoms with Crippen LogP contribution in [-0.4, -0.2) is 37.6 Å². The van der Waals surface area contributed by atoms with E-state index in [1.54, 1.807) is 0 Å². The molecule has 0 aromatic heterocycles. The molecular formula is C9H18N2. The number of hydrogen-bond donors (Lipinski definition) is 1. The molecule has 0 radical (unpaired) electrons. The fourth-order valence-electron chi connectivity index (χ4n) is 2.28. The molecule has 2 aliphatic rings. The van der Waals surface area contributed by atoms with Crippen molar-refractivity contribution in [3.8, 4) is 0 Å². The Kier molecular flexibility index (Phi) is 2.14. The van der Waals surface area contributed by atoms with Gasteiger partial charge in [0.25, 0.3) is 0 Å². The molecule has 2 nitrogen and oxygen atoms in total. The normalized spacial score (nSPS) is 35.2. The Morgan fingerprint density at radius 2 is 2.09 bits per heavy atom. The minimum Gasteiger partial charge on any atom is -0.314 e. The SMILES string of the molecule is CN1CC([C@@H]2CCCCN2)C1. The molecule has 0 spiro atoms. The van der Waals surface area contributed by atoms with Crippen LogP contribution in [-0.2, 0) is 0 Å². The summed E-state index contributed by atoms with van der Waals surface area (Å²) in [7, 11) is 2.21. The van der Waals surface area contributed by atoms with Crippen LogP contribution in [0.2, 0.25) is 0 Å². The van der Waals surface area contributed by atoms with Crippen molar-refractivity contribution in [2.75, 3.05) is 26.7 Å². The number of nitrogens with zero attached hydrogens (tertiary/aromatic N) is 1. The Morgan fingerprint density at radius 1 is 1.27 bits per heavy atom. The molecule has 0 aromatic rings. The molecule has 2 fully saturated rings. The fourth-order valence-corrected chi connectivity index (χ4v) is 2.28. The molecule has 1 N–H and O–H groups in total. The highest BCUT2D eigenvalue weighted by atomic mass is 15.2. The molecule has 64 valence electrons. The summed E-state index contributed by atoms with van der Waals surface area (Å²) in [4.78, 5) is 2.40. The standard InChI is InChI=1S/C9H18N2/c1-11-6-8(7-11)9-4-2-3-5-10-9/h8-10H,2-7H2,1H3/t9-/m0/s1. The van der Waals surface area contributed by atoms with Gasteiger partial charge in [0, 0.05) is 19.1 Å². The third kappa shape index (κ3) is 1.57. The van der Waals surface area contributed by atoms with Gasteiger partial charge in [0.1, 0.15) is 0 Å². The Labute approximate surface area is 69.0 Å². The van der Waals surface area contributed by atoms with E-state index in [0.717, 1.165) is 12.0 Å². The van der Waals surface area contributed by atoms with Crippen LogP contribution in [0.3, 0.4) is 0 Å². The largest absolute Gasteiger partial charge is 0.314 e. The van der Waals surface area contributed by atoms with Gasteiger partial charge in [-0.05, 0) is 32.4 Å². The van der Waals surface area contributed by atoms with E-state index >= 15 is 0 Å². The van der Waals surface area contributed by atoms with E-state index in [1.165, 1.54) is 38.9 Å². The third-order valence-corrected chi connectivity index (χ3v) is 3.01. The van der Waals surface area contributed by atoms with Crippen molar-refractivity contribution in [1.29, 1.82) is 0 Å². The number of nitrogens with one attached hydrogen (secondary N) is 1. The van der Waals surface area contributed by atoms with Crippen LogP contribution in [0.4, 0.5) is 0 Å². The molecule has 2 heterocycles. The second-order valence-electron chi connectivity index (χ2n) is 4.04. The van der Waals surface area contributed by atoms with Crippen molar-refractivity contribution in [3.63, 3.8) is 0 Å². The first-order chi connectivity index (χ1) is 5.36. The van der Waals surface area contributed by atoms with Gasteiger partial charge in [-0.25, -0.2) is 0 Å². The summed E-state index contributed by atoms with van der Waals surface area (Å²) in [5, 5.41) is 3.61. The summed E-state index contributed by atoms with van der Waals surface area (Å²) in [5.74, 6) is 0.959. The van der Waals surface area contributed by atoms with Gasteiger partial charge in [0.2, 0.25) is 0 Å². The predicted octanol–water partition coefficient (Wildman–Crippen LogP) is 0.690. The van der Waals surface area contributed by atoms with E-state index in [-0.39, 0.29) is 0 Å². The predicted molar refractivity (Wildman–Crippen MR) is 46.6 cm³/mol. The molecule has 0 aliphatic carbocycles. The topological polar surface area (TPSA) is 15.3 Å². The van der Waals surface area contributed by atoms with E-state index in [9.17, 15) is 0 Å². The molecule has 0 aromatic carbocycles. The second kappa shape index (κ2) is 3.11. The monoisotopic (exact) mass is 154 g/mol. The third-order valence-electron chi connectivity index (χ3n) is 3.01. The Balaban J connectivity index is 1.76. The van der Waals surface area contributed by atoms with Crippen LogP contribution < -0.4 is 5.32 Å². The van der Waals surface area contributed by atoms with Gasteiger partial charge in [0.05, 0.1) is 0 Å². The van der Waals surface area contributed by atoms with Gasteiger partial charge < -0.3 is 10.2 Å². The van der Waals surface area contributed by atoms with Crippen molar-refractivity contribution in [1.82, 2.24) is 10.2 Å². The van der Waals surface area contributed by atoms with Gasteiger partial charge >= 0.3 is 0 Å². The molecule has 2 rings (SSSR count). The molecule has 0 saturated carbocycles. The van der Waals surface area contributed by atoms with Crippen LogP contribution in [0.25, 0.3) is 0 Å². The van der Waals surface area contributed by atoms with E-state index in [2.05, 4.69) is 17.3 Å². The van der Waals surface area contributed by atoms with Crippen molar-refractivity contribution < 1.29 is 0 Å². The molecule has 11 heavy (non-hydrogen) atoms. The Morgan fingerprint density at radius 3 is 2.64 bits per heavy atom. The number of likely N-dealkylation sites (tertiary alicyclic amines) is 1. The molecule has 2 heteroatoms. The number of rotatable bonds is 1. The molecular weight excluding hydrogens is 136 g/mol. The van der Waals surface area contributed by atoms with E-state index in [4.69, 9.17) is 0 Å². The number of hydrogen-bond acceptors (Lipinski definition) is 2. The summed E-state index contributed by atoms with van der Waals surface area (Å²) < 4.78 is 0. The molecule has 2 aliphatic heterocycles.